The number of benzene rings is 2. The topological polar surface area (TPSA) is 12.9 Å². The van der Waals surface area contributed by atoms with Crippen molar-refractivity contribution in [2.24, 2.45) is 0 Å². The first-order valence-electron chi connectivity index (χ1n) is 5.96. The molecule has 0 N–H and O–H groups in total. The lowest BCUT2D eigenvalue weighted by Crippen LogP contribution is -1.86. The molecule has 2 aromatic carbocycles. The average molecular weight is 231 g/mol. The SMILES string of the molecule is C=Cc1ccccc1-c1cccc2ncccc12. The minimum absolute atomic E-state index is 1.02. The summed E-state index contributed by atoms with van der Waals surface area (Å²) in [6.07, 6.45) is 3.72. The fraction of sp³-hybridized carbons (Fsp3) is 0. The molecule has 1 heteroatoms. The highest BCUT2D eigenvalue weighted by Gasteiger charge is 2.06. The van der Waals surface area contributed by atoms with Gasteiger partial charge in [0.05, 0.1) is 5.52 Å². The quantitative estimate of drug-likeness (QED) is 0.630. The summed E-state index contributed by atoms with van der Waals surface area (Å²) in [5.41, 5.74) is 4.57. The van der Waals surface area contributed by atoms with Crippen LogP contribution in [0.2, 0.25) is 0 Å². The second kappa shape index (κ2) is 4.46. The molecule has 0 saturated carbocycles. The maximum atomic E-state index is 4.40. The summed E-state index contributed by atoms with van der Waals surface area (Å²) in [6.45, 7) is 3.88. The van der Waals surface area contributed by atoms with Crippen LogP contribution in [0.1, 0.15) is 5.56 Å². The predicted molar refractivity (Wildman–Crippen MR) is 77.3 cm³/mol. The maximum absolute atomic E-state index is 4.40. The van der Waals surface area contributed by atoms with Crippen molar-refractivity contribution in [3.63, 3.8) is 0 Å². The van der Waals surface area contributed by atoms with Crippen molar-refractivity contribution in [3.05, 3.63) is 72.9 Å². The zero-order chi connectivity index (χ0) is 12.4. The molecule has 0 aliphatic rings. The maximum Gasteiger partial charge on any atom is 0.0708 e. The lowest BCUT2D eigenvalue weighted by atomic mass is 9.96. The van der Waals surface area contributed by atoms with Crippen molar-refractivity contribution in [3.8, 4) is 11.1 Å². The molecule has 0 spiro atoms. The van der Waals surface area contributed by atoms with Crippen LogP contribution < -0.4 is 0 Å². The Morgan fingerprint density at radius 3 is 2.56 bits per heavy atom. The number of fused-ring (bicyclic) bond motifs is 1. The third-order valence-electron chi connectivity index (χ3n) is 3.12. The fourth-order valence-corrected chi connectivity index (χ4v) is 2.26. The molecule has 0 aliphatic heterocycles. The highest BCUT2D eigenvalue weighted by Crippen LogP contribution is 2.30. The van der Waals surface area contributed by atoms with Gasteiger partial charge in [0.25, 0.3) is 0 Å². The van der Waals surface area contributed by atoms with Gasteiger partial charge in [-0.15, -0.1) is 0 Å². The molecule has 0 bridgehead atoms. The average Bonchev–Trinajstić information content (AvgIpc) is 2.46. The number of hydrogen-bond acceptors (Lipinski definition) is 1. The van der Waals surface area contributed by atoms with Gasteiger partial charge in [-0.2, -0.15) is 0 Å². The smallest absolute Gasteiger partial charge is 0.0708 e. The molecule has 0 unspecified atom stereocenters. The highest BCUT2D eigenvalue weighted by molar-refractivity contribution is 5.96. The van der Waals surface area contributed by atoms with Gasteiger partial charge in [0.2, 0.25) is 0 Å². The highest BCUT2D eigenvalue weighted by atomic mass is 14.6. The molecule has 0 radical (unpaired) electrons. The van der Waals surface area contributed by atoms with E-state index in [1.807, 2.05) is 36.5 Å². The largest absolute Gasteiger partial charge is 0.256 e. The first-order chi connectivity index (χ1) is 8.90. The van der Waals surface area contributed by atoms with Gasteiger partial charge in [-0.05, 0) is 28.8 Å². The summed E-state index contributed by atoms with van der Waals surface area (Å²) in [5.74, 6) is 0. The minimum Gasteiger partial charge on any atom is -0.256 e. The number of nitrogens with zero attached hydrogens (tertiary/aromatic N) is 1. The van der Waals surface area contributed by atoms with Gasteiger partial charge in [0.1, 0.15) is 0 Å². The van der Waals surface area contributed by atoms with Crippen LogP contribution >= 0.6 is 0 Å². The van der Waals surface area contributed by atoms with Crippen LogP contribution in [0.5, 0.6) is 0 Å². The second-order valence-electron chi connectivity index (χ2n) is 4.17. The van der Waals surface area contributed by atoms with E-state index in [0.717, 1.165) is 11.1 Å². The Balaban J connectivity index is 2.35. The van der Waals surface area contributed by atoms with Gasteiger partial charge in [0.15, 0.2) is 0 Å². The van der Waals surface area contributed by atoms with Crippen LogP contribution in [0.15, 0.2) is 67.4 Å². The molecule has 0 atom stereocenters. The Kier molecular flexibility index (Phi) is 2.66. The van der Waals surface area contributed by atoms with Crippen LogP contribution in [-0.2, 0) is 0 Å². The molecular weight excluding hydrogens is 218 g/mol. The van der Waals surface area contributed by atoms with E-state index < -0.39 is 0 Å². The van der Waals surface area contributed by atoms with Crippen molar-refractivity contribution >= 4 is 17.0 Å². The van der Waals surface area contributed by atoms with E-state index in [2.05, 4.69) is 41.9 Å². The summed E-state index contributed by atoms with van der Waals surface area (Å²) in [7, 11) is 0. The number of hydrogen-bond donors (Lipinski definition) is 0. The predicted octanol–water partition coefficient (Wildman–Crippen LogP) is 4.54. The summed E-state index contributed by atoms with van der Waals surface area (Å²) in [4.78, 5) is 4.40. The fourth-order valence-electron chi connectivity index (χ4n) is 2.26. The van der Waals surface area contributed by atoms with Gasteiger partial charge in [-0.1, -0.05) is 55.1 Å². The second-order valence-corrected chi connectivity index (χ2v) is 4.17. The van der Waals surface area contributed by atoms with E-state index in [4.69, 9.17) is 0 Å². The van der Waals surface area contributed by atoms with E-state index in [1.165, 1.54) is 16.5 Å². The normalized spacial score (nSPS) is 10.4. The van der Waals surface area contributed by atoms with Crippen LogP contribution in [-0.4, -0.2) is 4.98 Å². The molecule has 3 rings (SSSR count). The molecule has 0 aliphatic carbocycles. The molecule has 1 aromatic heterocycles. The van der Waals surface area contributed by atoms with Gasteiger partial charge in [-0.3, -0.25) is 4.98 Å². The Labute approximate surface area is 106 Å². The molecular formula is C17H13N. The van der Waals surface area contributed by atoms with Crippen molar-refractivity contribution < 1.29 is 0 Å². The third kappa shape index (κ3) is 1.70. The van der Waals surface area contributed by atoms with Gasteiger partial charge in [-0.25, -0.2) is 0 Å². The van der Waals surface area contributed by atoms with E-state index in [0.29, 0.717) is 0 Å². The zero-order valence-corrected chi connectivity index (χ0v) is 10.0. The third-order valence-corrected chi connectivity index (χ3v) is 3.12. The van der Waals surface area contributed by atoms with Gasteiger partial charge in [0, 0.05) is 11.6 Å². The van der Waals surface area contributed by atoms with Gasteiger partial charge < -0.3 is 0 Å². The lowest BCUT2D eigenvalue weighted by molar-refractivity contribution is 1.41. The van der Waals surface area contributed by atoms with Crippen molar-refractivity contribution in [1.29, 1.82) is 0 Å². The first kappa shape index (κ1) is 10.7. The Morgan fingerprint density at radius 1 is 0.833 bits per heavy atom. The van der Waals surface area contributed by atoms with Crippen LogP contribution in [0.3, 0.4) is 0 Å². The first-order valence-corrected chi connectivity index (χ1v) is 5.96. The number of rotatable bonds is 2. The monoisotopic (exact) mass is 231 g/mol. The van der Waals surface area contributed by atoms with Crippen LogP contribution in [0.25, 0.3) is 28.1 Å². The van der Waals surface area contributed by atoms with Crippen LogP contribution in [0.4, 0.5) is 0 Å². The van der Waals surface area contributed by atoms with E-state index in [1.54, 1.807) is 0 Å². The molecule has 0 saturated heterocycles. The molecule has 1 nitrogen and oxygen atoms in total. The Morgan fingerprint density at radius 2 is 1.67 bits per heavy atom. The van der Waals surface area contributed by atoms with Crippen molar-refractivity contribution in [2.75, 3.05) is 0 Å². The van der Waals surface area contributed by atoms with E-state index in [-0.39, 0.29) is 0 Å². The molecule has 0 fully saturated rings. The zero-order valence-electron chi connectivity index (χ0n) is 10.0. The molecule has 3 aromatic rings. The Bertz CT molecular complexity index is 708. The summed E-state index contributed by atoms with van der Waals surface area (Å²) < 4.78 is 0. The molecule has 18 heavy (non-hydrogen) atoms. The van der Waals surface area contributed by atoms with Crippen molar-refractivity contribution in [2.45, 2.75) is 0 Å². The van der Waals surface area contributed by atoms with Gasteiger partial charge >= 0.3 is 0 Å². The molecule has 86 valence electrons. The van der Waals surface area contributed by atoms with E-state index >= 15 is 0 Å². The van der Waals surface area contributed by atoms with E-state index in [9.17, 15) is 0 Å². The number of aromatic nitrogens is 1. The molecule has 1 heterocycles. The lowest BCUT2D eigenvalue weighted by Gasteiger charge is -2.09. The summed E-state index contributed by atoms with van der Waals surface area (Å²) in [6, 6.07) is 18.6. The Hall–Kier alpha value is -2.41. The molecule has 0 amide bonds. The van der Waals surface area contributed by atoms with Crippen LogP contribution in [0, 0.1) is 0 Å². The summed E-state index contributed by atoms with van der Waals surface area (Å²) in [5, 5.41) is 1.18. The summed E-state index contributed by atoms with van der Waals surface area (Å²) >= 11 is 0. The number of pyridine rings is 1. The van der Waals surface area contributed by atoms with Crippen molar-refractivity contribution in [1.82, 2.24) is 4.98 Å². The standard InChI is InChI=1S/C17H13N/c1-2-13-7-3-4-8-14(13)15-9-5-11-17-16(15)10-6-12-18-17/h2-12H,1H2. The minimum atomic E-state index is 1.02.